The molecule has 0 aromatic heterocycles. The molecule has 0 fully saturated rings. The molecule has 0 radical (unpaired) electrons. The van der Waals surface area contributed by atoms with Crippen LogP contribution in [0.5, 0.6) is 0 Å². The Morgan fingerprint density at radius 3 is 2.54 bits per heavy atom. The number of nitrogens with two attached hydrogens (primary N) is 1. The predicted molar refractivity (Wildman–Crippen MR) is 89.2 cm³/mol. The van der Waals surface area contributed by atoms with Crippen LogP contribution >= 0.6 is 11.6 Å². The number of carbonyl (C=O) groups excluding carboxylic acids is 3. The maximum absolute atomic E-state index is 12.7. The lowest BCUT2D eigenvalue weighted by Gasteiger charge is -2.32. The third kappa shape index (κ3) is 2.77. The summed E-state index contributed by atoms with van der Waals surface area (Å²) in [5.74, 6) is 1.56. The van der Waals surface area contributed by atoms with Crippen molar-refractivity contribution in [2.45, 2.75) is 6.54 Å². The Bertz CT molecular complexity index is 823. The maximum atomic E-state index is 12.7. The van der Waals surface area contributed by atoms with E-state index in [9.17, 15) is 14.4 Å². The van der Waals surface area contributed by atoms with Gasteiger partial charge in [0.05, 0.1) is 12.2 Å². The summed E-state index contributed by atoms with van der Waals surface area (Å²) in [6.45, 7) is 0.232. The smallest absolute Gasteiger partial charge is 0.254 e. The summed E-state index contributed by atoms with van der Waals surface area (Å²) in [7, 11) is 0. The molecule has 3 N–H and O–H groups in total. The predicted octanol–water partition coefficient (Wildman–Crippen LogP) is 1.68. The van der Waals surface area contributed by atoms with E-state index in [0.717, 1.165) is 5.56 Å². The zero-order valence-electron chi connectivity index (χ0n) is 12.5. The lowest BCUT2D eigenvalue weighted by Crippen LogP contribution is -2.52. The van der Waals surface area contributed by atoms with Crippen LogP contribution in [0.2, 0.25) is 5.02 Å². The minimum atomic E-state index is -1.51. The number of rotatable bonds is 3. The Morgan fingerprint density at radius 2 is 1.88 bits per heavy atom. The van der Waals surface area contributed by atoms with Gasteiger partial charge in [0.25, 0.3) is 5.91 Å². The summed E-state index contributed by atoms with van der Waals surface area (Å²) in [5.41, 5.74) is 3.41. The van der Waals surface area contributed by atoms with Gasteiger partial charge < -0.3 is 4.90 Å². The largest absolute Gasteiger partial charge is 0.306 e. The molecule has 24 heavy (non-hydrogen) atoms. The lowest BCUT2D eigenvalue weighted by atomic mass is 9.89. The van der Waals surface area contributed by atoms with Gasteiger partial charge in [0.1, 0.15) is 0 Å². The quantitative estimate of drug-likeness (QED) is 0.384. The van der Waals surface area contributed by atoms with Crippen LogP contribution in [-0.4, -0.2) is 17.6 Å². The number of carbonyl (C=O) groups is 3. The molecule has 1 aliphatic heterocycles. The van der Waals surface area contributed by atoms with Gasteiger partial charge in [0.2, 0.25) is 5.91 Å². The number of anilines is 1. The molecular formula is C17H14ClN3O3. The van der Waals surface area contributed by atoms with Gasteiger partial charge in [-0.1, -0.05) is 41.9 Å². The molecule has 7 heteroatoms. The Morgan fingerprint density at radius 1 is 1.17 bits per heavy atom. The Kier molecular flexibility index (Phi) is 4.33. The van der Waals surface area contributed by atoms with E-state index in [2.05, 4.69) is 0 Å². The topological polar surface area (TPSA) is 92.5 Å². The highest BCUT2D eigenvalue weighted by Crippen LogP contribution is 2.33. The molecule has 6 nitrogen and oxygen atoms in total. The molecule has 0 spiro atoms. The number of halogens is 1. The van der Waals surface area contributed by atoms with E-state index in [4.69, 9.17) is 17.4 Å². The fourth-order valence-electron chi connectivity index (χ4n) is 2.73. The van der Waals surface area contributed by atoms with Gasteiger partial charge in [0.15, 0.2) is 11.7 Å². The number of nitrogens with one attached hydrogen (secondary N) is 1. The first kappa shape index (κ1) is 16.2. The molecule has 2 aromatic rings. The molecule has 1 aliphatic rings. The summed E-state index contributed by atoms with van der Waals surface area (Å²) >= 11 is 5.97. The van der Waals surface area contributed by atoms with Crippen LogP contribution in [0.25, 0.3) is 0 Å². The number of hydrazine groups is 1. The van der Waals surface area contributed by atoms with E-state index in [1.165, 1.54) is 11.0 Å². The van der Waals surface area contributed by atoms with Crippen LogP contribution in [0.3, 0.4) is 0 Å². The SMILES string of the molecule is NNC(=O)C1C(=O)c2cc(Cl)ccc2N(Cc2ccccc2)C1=O. The average molecular weight is 344 g/mol. The molecule has 0 bridgehead atoms. The fraction of sp³-hybridized carbons (Fsp3) is 0.118. The van der Waals surface area contributed by atoms with E-state index in [1.54, 1.807) is 12.1 Å². The van der Waals surface area contributed by atoms with Crippen molar-refractivity contribution in [2.24, 2.45) is 11.8 Å². The van der Waals surface area contributed by atoms with Crippen molar-refractivity contribution in [3.63, 3.8) is 0 Å². The fourth-order valence-corrected chi connectivity index (χ4v) is 2.90. The molecule has 0 aliphatic carbocycles. The third-order valence-electron chi connectivity index (χ3n) is 3.88. The van der Waals surface area contributed by atoms with E-state index in [1.807, 2.05) is 35.8 Å². The zero-order valence-corrected chi connectivity index (χ0v) is 13.3. The second-order valence-electron chi connectivity index (χ2n) is 5.38. The van der Waals surface area contributed by atoms with Crippen LogP contribution in [-0.2, 0) is 16.1 Å². The Hall–Kier alpha value is -2.70. The van der Waals surface area contributed by atoms with Crippen molar-refractivity contribution >= 4 is 34.9 Å². The summed E-state index contributed by atoms with van der Waals surface area (Å²) in [6.07, 6.45) is 0. The minimum Gasteiger partial charge on any atom is -0.306 e. The summed E-state index contributed by atoms with van der Waals surface area (Å²) in [5, 5.41) is 0.350. The van der Waals surface area contributed by atoms with Crippen molar-refractivity contribution < 1.29 is 14.4 Å². The Balaban J connectivity index is 2.09. The van der Waals surface area contributed by atoms with Crippen molar-refractivity contribution in [2.75, 3.05) is 4.90 Å². The van der Waals surface area contributed by atoms with Gasteiger partial charge in [-0.25, -0.2) is 5.84 Å². The molecule has 1 unspecified atom stereocenters. The summed E-state index contributed by atoms with van der Waals surface area (Å²) in [4.78, 5) is 38.6. The summed E-state index contributed by atoms with van der Waals surface area (Å²) in [6, 6.07) is 13.9. The Labute approximate surface area is 143 Å². The second-order valence-corrected chi connectivity index (χ2v) is 5.81. The first-order chi connectivity index (χ1) is 11.5. The number of ketones is 1. The number of hydrogen-bond donors (Lipinski definition) is 2. The number of hydrogen-bond acceptors (Lipinski definition) is 4. The molecule has 0 saturated carbocycles. The highest BCUT2D eigenvalue weighted by Gasteiger charge is 2.43. The van der Waals surface area contributed by atoms with E-state index < -0.39 is 23.5 Å². The van der Waals surface area contributed by atoms with E-state index in [0.29, 0.717) is 10.7 Å². The van der Waals surface area contributed by atoms with Gasteiger partial charge in [-0.2, -0.15) is 0 Å². The standard InChI is InChI=1S/C17H14ClN3O3/c18-11-6-7-13-12(8-11)15(22)14(16(23)20-19)17(24)21(13)9-10-4-2-1-3-5-10/h1-8,14H,9,19H2,(H,20,23). The first-order valence-electron chi connectivity index (χ1n) is 7.22. The minimum absolute atomic E-state index is 0.228. The van der Waals surface area contributed by atoms with Crippen LogP contribution in [0.1, 0.15) is 15.9 Å². The third-order valence-corrected chi connectivity index (χ3v) is 4.11. The molecule has 1 atom stereocenters. The van der Waals surface area contributed by atoms with Crippen LogP contribution in [0.4, 0.5) is 5.69 Å². The van der Waals surface area contributed by atoms with Gasteiger partial charge in [-0.05, 0) is 23.8 Å². The molecule has 122 valence electrons. The number of amides is 2. The molecule has 2 amide bonds. The molecule has 3 rings (SSSR count). The number of Topliss-reactive ketones (excluding diaryl/α,β-unsaturated/α-hetero) is 1. The first-order valence-corrected chi connectivity index (χ1v) is 7.60. The molecule has 0 saturated heterocycles. The van der Waals surface area contributed by atoms with Crippen LogP contribution < -0.4 is 16.2 Å². The molecular weight excluding hydrogens is 330 g/mol. The van der Waals surface area contributed by atoms with Crippen LogP contribution in [0, 0.1) is 5.92 Å². The van der Waals surface area contributed by atoms with Crippen LogP contribution in [0.15, 0.2) is 48.5 Å². The van der Waals surface area contributed by atoms with E-state index >= 15 is 0 Å². The van der Waals surface area contributed by atoms with Crippen molar-refractivity contribution in [1.29, 1.82) is 0 Å². The number of fused-ring (bicyclic) bond motifs is 1. The van der Waals surface area contributed by atoms with Crippen molar-refractivity contribution in [3.8, 4) is 0 Å². The summed E-state index contributed by atoms with van der Waals surface area (Å²) < 4.78 is 0. The van der Waals surface area contributed by atoms with Gasteiger partial charge in [0, 0.05) is 10.6 Å². The highest BCUT2D eigenvalue weighted by molar-refractivity contribution is 6.34. The molecule has 2 aromatic carbocycles. The highest BCUT2D eigenvalue weighted by atomic mass is 35.5. The van der Waals surface area contributed by atoms with Gasteiger partial charge in [-0.15, -0.1) is 0 Å². The van der Waals surface area contributed by atoms with E-state index in [-0.39, 0.29) is 12.1 Å². The van der Waals surface area contributed by atoms with Gasteiger partial charge in [-0.3, -0.25) is 19.8 Å². The lowest BCUT2D eigenvalue weighted by molar-refractivity contribution is -0.132. The zero-order chi connectivity index (χ0) is 17.3. The number of benzene rings is 2. The second kappa shape index (κ2) is 6.43. The molecule has 1 heterocycles. The number of nitrogens with zero attached hydrogens (tertiary/aromatic N) is 1. The van der Waals surface area contributed by atoms with Crippen molar-refractivity contribution in [3.05, 3.63) is 64.7 Å². The van der Waals surface area contributed by atoms with Crippen molar-refractivity contribution in [1.82, 2.24) is 5.43 Å². The average Bonchev–Trinajstić information content (AvgIpc) is 2.59. The monoisotopic (exact) mass is 343 g/mol. The van der Waals surface area contributed by atoms with Gasteiger partial charge >= 0.3 is 0 Å². The maximum Gasteiger partial charge on any atom is 0.254 e. The normalized spacial score (nSPS) is 16.8.